The van der Waals surface area contributed by atoms with Crippen LogP contribution in [-0.2, 0) is 13.0 Å². The highest BCUT2D eigenvalue weighted by molar-refractivity contribution is 5.93. The van der Waals surface area contributed by atoms with Crippen LogP contribution >= 0.6 is 0 Å². The van der Waals surface area contributed by atoms with E-state index in [0.717, 1.165) is 13.0 Å². The Balaban J connectivity index is 1.87. The highest BCUT2D eigenvalue weighted by Crippen LogP contribution is 2.23. The lowest BCUT2D eigenvalue weighted by molar-refractivity contribution is 1.05. The molecule has 0 unspecified atom stereocenters. The quantitative estimate of drug-likeness (QED) is 0.695. The molecule has 0 radical (unpaired) electrons. The molecule has 3 aromatic rings. The van der Waals surface area contributed by atoms with Crippen molar-refractivity contribution >= 4 is 16.5 Å². The number of hydrogen-bond acceptors (Lipinski definition) is 1. The topological polar surface area (TPSA) is 12.0 Å². The van der Waals surface area contributed by atoms with E-state index in [9.17, 15) is 0 Å². The number of rotatable bonds is 4. The summed E-state index contributed by atoms with van der Waals surface area (Å²) >= 11 is 0. The molecule has 0 aliphatic rings. The molecule has 0 spiro atoms. The predicted octanol–water partition coefficient (Wildman–Crippen LogP) is 5.01. The van der Waals surface area contributed by atoms with Gasteiger partial charge in [-0.25, -0.2) is 0 Å². The van der Waals surface area contributed by atoms with Crippen LogP contribution in [0.5, 0.6) is 0 Å². The van der Waals surface area contributed by atoms with Gasteiger partial charge >= 0.3 is 0 Å². The summed E-state index contributed by atoms with van der Waals surface area (Å²) in [4.78, 5) is 0. The maximum absolute atomic E-state index is 3.58. The molecule has 20 heavy (non-hydrogen) atoms. The molecule has 0 atom stereocenters. The van der Waals surface area contributed by atoms with Gasteiger partial charge in [0.05, 0.1) is 0 Å². The van der Waals surface area contributed by atoms with Crippen LogP contribution in [0.25, 0.3) is 10.8 Å². The maximum Gasteiger partial charge on any atom is 0.0422 e. The van der Waals surface area contributed by atoms with Gasteiger partial charge in [-0.2, -0.15) is 0 Å². The summed E-state index contributed by atoms with van der Waals surface area (Å²) in [6.07, 6.45) is 1.08. The van der Waals surface area contributed by atoms with E-state index < -0.39 is 0 Å². The SMILES string of the molecule is CCc1ccccc1CNc1cccc2ccccc12. The van der Waals surface area contributed by atoms with E-state index in [4.69, 9.17) is 0 Å². The Morgan fingerprint density at radius 3 is 2.30 bits per heavy atom. The number of fused-ring (bicyclic) bond motifs is 1. The number of hydrogen-bond donors (Lipinski definition) is 1. The summed E-state index contributed by atoms with van der Waals surface area (Å²) in [6.45, 7) is 3.08. The summed E-state index contributed by atoms with van der Waals surface area (Å²) < 4.78 is 0. The first-order valence-electron chi connectivity index (χ1n) is 7.17. The molecule has 1 heteroatoms. The van der Waals surface area contributed by atoms with Crippen LogP contribution in [0, 0.1) is 0 Å². The molecular formula is C19H19N. The highest BCUT2D eigenvalue weighted by atomic mass is 14.9. The number of nitrogens with one attached hydrogen (secondary N) is 1. The largest absolute Gasteiger partial charge is 0.380 e. The van der Waals surface area contributed by atoms with Gasteiger partial charge in [0, 0.05) is 17.6 Å². The zero-order valence-corrected chi connectivity index (χ0v) is 11.8. The fraction of sp³-hybridized carbons (Fsp3) is 0.158. The molecule has 1 nitrogen and oxygen atoms in total. The Morgan fingerprint density at radius 2 is 1.45 bits per heavy atom. The van der Waals surface area contributed by atoms with Crippen molar-refractivity contribution < 1.29 is 0 Å². The van der Waals surface area contributed by atoms with E-state index in [1.165, 1.54) is 27.6 Å². The Labute approximate surface area is 120 Å². The van der Waals surface area contributed by atoms with Crippen molar-refractivity contribution in [3.63, 3.8) is 0 Å². The van der Waals surface area contributed by atoms with Crippen molar-refractivity contribution in [1.29, 1.82) is 0 Å². The van der Waals surface area contributed by atoms with Gasteiger partial charge in [-0.3, -0.25) is 0 Å². The first-order chi connectivity index (χ1) is 9.88. The second-order valence-electron chi connectivity index (χ2n) is 5.00. The van der Waals surface area contributed by atoms with Crippen molar-refractivity contribution in [1.82, 2.24) is 0 Å². The minimum atomic E-state index is 0.873. The molecule has 100 valence electrons. The van der Waals surface area contributed by atoms with Gasteiger partial charge in [-0.05, 0) is 29.0 Å². The average Bonchev–Trinajstić information content (AvgIpc) is 2.53. The molecule has 0 fully saturated rings. The van der Waals surface area contributed by atoms with Gasteiger partial charge in [0.1, 0.15) is 0 Å². The monoisotopic (exact) mass is 261 g/mol. The maximum atomic E-state index is 3.58. The van der Waals surface area contributed by atoms with Crippen LogP contribution < -0.4 is 5.32 Å². The van der Waals surface area contributed by atoms with Crippen LogP contribution in [0.4, 0.5) is 5.69 Å². The van der Waals surface area contributed by atoms with Crippen molar-refractivity contribution in [3.8, 4) is 0 Å². The standard InChI is InChI=1S/C19H19N/c1-2-15-8-3-4-10-17(15)14-20-19-13-7-11-16-9-5-6-12-18(16)19/h3-13,20H,2,14H2,1H3. The molecule has 3 aromatic carbocycles. The Bertz CT molecular complexity index is 710. The predicted molar refractivity (Wildman–Crippen MR) is 87.1 cm³/mol. The van der Waals surface area contributed by atoms with E-state index in [2.05, 4.69) is 79.0 Å². The molecule has 3 rings (SSSR count). The summed E-state index contributed by atoms with van der Waals surface area (Å²) in [7, 11) is 0. The molecule has 0 heterocycles. The minimum absolute atomic E-state index is 0.873. The lowest BCUT2D eigenvalue weighted by Crippen LogP contribution is -2.02. The molecule has 0 saturated carbocycles. The molecule has 0 amide bonds. The minimum Gasteiger partial charge on any atom is -0.380 e. The third-order valence-corrected chi connectivity index (χ3v) is 3.76. The molecule has 0 saturated heterocycles. The summed E-state index contributed by atoms with van der Waals surface area (Å²) in [5.41, 5.74) is 4.00. The molecule has 1 N–H and O–H groups in total. The van der Waals surface area contributed by atoms with Crippen molar-refractivity contribution in [2.24, 2.45) is 0 Å². The summed E-state index contributed by atoms with van der Waals surface area (Å²) in [5, 5.41) is 6.14. The Kier molecular flexibility index (Phi) is 3.69. The highest BCUT2D eigenvalue weighted by Gasteiger charge is 2.02. The van der Waals surface area contributed by atoms with Crippen molar-refractivity contribution in [3.05, 3.63) is 77.9 Å². The van der Waals surface area contributed by atoms with Gasteiger partial charge in [0.2, 0.25) is 0 Å². The van der Waals surface area contributed by atoms with Crippen LogP contribution in [0.15, 0.2) is 66.7 Å². The van der Waals surface area contributed by atoms with Crippen LogP contribution in [-0.4, -0.2) is 0 Å². The Hall–Kier alpha value is -2.28. The zero-order valence-electron chi connectivity index (χ0n) is 11.8. The Morgan fingerprint density at radius 1 is 0.750 bits per heavy atom. The lowest BCUT2D eigenvalue weighted by Gasteiger charge is -2.12. The van der Waals surface area contributed by atoms with E-state index in [1.54, 1.807) is 0 Å². The van der Waals surface area contributed by atoms with Crippen LogP contribution in [0.3, 0.4) is 0 Å². The van der Waals surface area contributed by atoms with Crippen LogP contribution in [0.2, 0.25) is 0 Å². The summed E-state index contributed by atoms with van der Waals surface area (Å²) in [6, 6.07) is 23.5. The summed E-state index contributed by atoms with van der Waals surface area (Å²) in [5.74, 6) is 0. The normalized spacial score (nSPS) is 10.7. The fourth-order valence-electron chi connectivity index (χ4n) is 2.64. The first kappa shape index (κ1) is 12.7. The second-order valence-corrected chi connectivity index (χ2v) is 5.00. The van der Waals surface area contributed by atoms with Gasteiger partial charge in [0.25, 0.3) is 0 Å². The first-order valence-corrected chi connectivity index (χ1v) is 7.17. The fourth-order valence-corrected chi connectivity index (χ4v) is 2.64. The molecule has 0 aliphatic carbocycles. The van der Waals surface area contributed by atoms with E-state index >= 15 is 0 Å². The average molecular weight is 261 g/mol. The zero-order chi connectivity index (χ0) is 13.8. The molecular weight excluding hydrogens is 242 g/mol. The van der Waals surface area contributed by atoms with E-state index in [0.29, 0.717) is 0 Å². The van der Waals surface area contributed by atoms with Gasteiger partial charge in [-0.15, -0.1) is 0 Å². The molecule has 0 aromatic heterocycles. The van der Waals surface area contributed by atoms with E-state index in [-0.39, 0.29) is 0 Å². The lowest BCUT2D eigenvalue weighted by atomic mass is 10.0. The van der Waals surface area contributed by atoms with Gasteiger partial charge in [-0.1, -0.05) is 67.6 Å². The van der Waals surface area contributed by atoms with Crippen molar-refractivity contribution in [2.45, 2.75) is 19.9 Å². The number of anilines is 1. The third kappa shape index (κ3) is 2.53. The third-order valence-electron chi connectivity index (χ3n) is 3.76. The number of aryl methyl sites for hydroxylation is 1. The van der Waals surface area contributed by atoms with Gasteiger partial charge in [0.15, 0.2) is 0 Å². The smallest absolute Gasteiger partial charge is 0.0422 e. The van der Waals surface area contributed by atoms with E-state index in [1.807, 2.05) is 0 Å². The molecule has 0 bridgehead atoms. The van der Waals surface area contributed by atoms with Gasteiger partial charge < -0.3 is 5.32 Å². The van der Waals surface area contributed by atoms with Crippen molar-refractivity contribution in [2.75, 3.05) is 5.32 Å². The second kappa shape index (κ2) is 5.79. The van der Waals surface area contributed by atoms with Crippen LogP contribution in [0.1, 0.15) is 18.1 Å². The number of benzene rings is 3. The molecule has 0 aliphatic heterocycles.